The molecule has 0 saturated heterocycles. The maximum atomic E-state index is 11.8. The van der Waals surface area contributed by atoms with Crippen LogP contribution in [0.2, 0.25) is 5.02 Å². The van der Waals surface area contributed by atoms with E-state index in [9.17, 15) is 9.59 Å². The van der Waals surface area contributed by atoms with Crippen LogP contribution in [-0.4, -0.2) is 25.0 Å². The highest BCUT2D eigenvalue weighted by Crippen LogP contribution is 2.09. The summed E-state index contributed by atoms with van der Waals surface area (Å²) in [4.78, 5) is 22.9. The van der Waals surface area contributed by atoms with E-state index < -0.39 is 11.9 Å². The number of carbonyl (C=O) groups is 2. The number of nitriles is 1. The van der Waals surface area contributed by atoms with Crippen molar-refractivity contribution >= 4 is 23.5 Å². The van der Waals surface area contributed by atoms with Crippen molar-refractivity contribution in [2.24, 2.45) is 0 Å². The zero-order chi connectivity index (χ0) is 16.4. The Morgan fingerprint density at radius 3 is 2.64 bits per heavy atom. The van der Waals surface area contributed by atoms with E-state index in [0.29, 0.717) is 5.02 Å². The number of ether oxygens (including phenoxy) is 1. The standard InChI is InChI=1S/C15H16ClN3O3/c1-2-22-14(20)10-18-9-12(7-17)15(21)19-8-11-3-5-13(16)6-4-11/h3-6,9,18H,2,8,10H2,1H3,(H,19,21)/b12-9-. The van der Waals surface area contributed by atoms with Gasteiger partial charge in [0.2, 0.25) is 0 Å². The van der Waals surface area contributed by atoms with E-state index in [0.717, 1.165) is 5.56 Å². The largest absolute Gasteiger partial charge is 0.465 e. The van der Waals surface area contributed by atoms with Crippen LogP contribution in [0.5, 0.6) is 0 Å². The van der Waals surface area contributed by atoms with Gasteiger partial charge in [0.15, 0.2) is 0 Å². The van der Waals surface area contributed by atoms with Gasteiger partial charge in [0, 0.05) is 17.8 Å². The van der Waals surface area contributed by atoms with Gasteiger partial charge in [-0.25, -0.2) is 0 Å². The van der Waals surface area contributed by atoms with Crippen LogP contribution >= 0.6 is 11.6 Å². The molecule has 0 atom stereocenters. The molecule has 0 bridgehead atoms. The van der Waals surface area contributed by atoms with E-state index in [4.69, 9.17) is 21.6 Å². The number of halogens is 1. The first kappa shape index (κ1) is 17.5. The Bertz CT molecular complexity index is 591. The summed E-state index contributed by atoms with van der Waals surface area (Å²) in [6, 6.07) is 8.74. The molecule has 1 rings (SSSR count). The number of rotatable bonds is 7. The molecule has 0 aliphatic heterocycles. The van der Waals surface area contributed by atoms with Gasteiger partial charge in [-0.1, -0.05) is 23.7 Å². The normalized spacial score (nSPS) is 10.5. The van der Waals surface area contributed by atoms with E-state index in [1.165, 1.54) is 6.20 Å². The minimum Gasteiger partial charge on any atom is -0.465 e. The van der Waals surface area contributed by atoms with Crippen LogP contribution in [0.4, 0.5) is 0 Å². The van der Waals surface area contributed by atoms with Gasteiger partial charge in [0.1, 0.15) is 18.2 Å². The van der Waals surface area contributed by atoms with Crippen LogP contribution in [0.3, 0.4) is 0 Å². The molecule has 1 amide bonds. The lowest BCUT2D eigenvalue weighted by Crippen LogP contribution is -2.26. The number of esters is 1. The SMILES string of the molecule is CCOC(=O)CN/C=C(/C#N)C(=O)NCc1ccc(Cl)cc1. The van der Waals surface area contributed by atoms with Gasteiger partial charge in [0.25, 0.3) is 5.91 Å². The molecule has 116 valence electrons. The van der Waals surface area contributed by atoms with Crippen molar-refractivity contribution in [1.29, 1.82) is 5.26 Å². The van der Waals surface area contributed by atoms with Crippen LogP contribution in [0.25, 0.3) is 0 Å². The summed E-state index contributed by atoms with van der Waals surface area (Å²) in [6.07, 6.45) is 1.19. The highest BCUT2D eigenvalue weighted by molar-refractivity contribution is 6.30. The first-order valence-electron chi connectivity index (χ1n) is 6.58. The molecule has 0 spiro atoms. The fourth-order valence-electron chi connectivity index (χ4n) is 1.48. The minimum absolute atomic E-state index is 0.108. The second-order valence-electron chi connectivity index (χ2n) is 4.16. The molecular weight excluding hydrogens is 306 g/mol. The van der Waals surface area contributed by atoms with Crippen molar-refractivity contribution < 1.29 is 14.3 Å². The summed E-state index contributed by atoms with van der Waals surface area (Å²) in [5, 5.41) is 14.7. The van der Waals surface area contributed by atoms with Crippen LogP contribution < -0.4 is 10.6 Å². The number of nitrogens with zero attached hydrogens (tertiary/aromatic N) is 1. The van der Waals surface area contributed by atoms with Crippen LogP contribution in [0, 0.1) is 11.3 Å². The summed E-state index contributed by atoms with van der Waals surface area (Å²) >= 11 is 5.77. The summed E-state index contributed by atoms with van der Waals surface area (Å²) in [6.45, 7) is 2.13. The quantitative estimate of drug-likeness (QED) is 0.451. The van der Waals surface area contributed by atoms with Crippen molar-refractivity contribution in [2.45, 2.75) is 13.5 Å². The second kappa shape index (κ2) is 9.42. The first-order chi connectivity index (χ1) is 10.6. The predicted octanol–water partition coefficient (Wildman–Crippen LogP) is 1.52. The molecule has 0 aromatic heterocycles. The third kappa shape index (κ3) is 6.29. The van der Waals surface area contributed by atoms with Crippen molar-refractivity contribution in [3.8, 4) is 6.07 Å². The molecule has 0 radical (unpaired) electrons. The lowest BCUT2D eigenvalue weighted by molar-refractivity contribution is -0.141. The van der Waals surface area contributed by atoms with E-state index in [1.54, 1.807) is 37.3 Å². The van der Waals surface area contributed by atoms with Gasteiger partial charge in [-0.3, -0.25) is 9.59 Å². The number of hydrogen-bond acceptors (Lipinski definition) is 5. The molecule has 0 saturated carbocycles. The molecule has 2 N–H and O–H groups in total. The lowest BCUT2D eigenvalue weighted by Gasteiger charge is -2.05. The Morgan fingerprint density at radius 1 is 1.36 bits per heavy atom. The van der Waals surface area contributed by atoms with Crippen LogP contribution in [0.1, 0.15) is 12.5 Å². The zero-order valence-corrected chi connectivity index (χ0v) is 12.8. The molecule has 1 aromatic carbocycles. The van der Waals surface area contributed by atoms with Gasteiger partial charge in [-0.2, -0.15) is 5.26 Å². The highest BCUT2D eigenvalue weighted by atomic mass is 35.5. The highest BCUT2D eigenvalue weighted by Gasteiger charge is 2.08. The Hall–Kier alpha value is -2.52. The number of benzene rings is 1. The van der Waals surface area contributed by atoms with E-state index >= 15 is 0 Å². The maximum absolute atomic E-state index is 11.8. The third-order valence-electron chi connectivity index (χ3n) is 2.53. The van der Waals surface area contributed by atoms with Crippen molar-refractivity contribution in [1.82, 2.24) is 10.6 Å². The molecule has 0 heterocycles. The zero-order valence-electron chi connectivity index (χ0n) is 12.1. The molecule has 22 heavy (non-hydrogen) atoms. The Kier molecular flexibility index (Phi) is 7.51. The molecule has 1 aromatic rings. The number of nitrogens with one attached hydrogen (secondary N) is 2. The Morgan fingerprint density at radius 2 is 2.05 bits per heavy atom. The Balaban J connectivity index is 2.48. The topological polar surface area (TPSA) is 91.2 Å². The van der Waals surface area contributed by atoms with Gasteiger partial charge in [-0.15, -0.1) is 0 Å². The fourth-order valence-corrected chi connectivity index (χ4v) is 1.60. The lowest BCUT2D eigenvalue weighted by atomic mass is 10.2. The van der Waals surface area contributed by atoms with E-state index in [-0.39, 0.29) is 25.3 Å². The molecule has 0 aliphatic rings. The number of hydrogen-bond donors (Lipinski definition) is 2. The first-order valence-corrected chi connectivity index (χ1v) is 6.96. The van der Waals surface area contributed by atoms with E-state index in [2.05, 4.69) is 10.6 Å². The van der Waals surface area contributed by atoms with Crippen molar-refractivity contribution in [3.63, 3.8) is 0 Å². The average molecular weight is 322 g/mol. The third-order valence-corrected chi connectivity index (χ3v) is 2.78. The van der Waals surface area contributed by atoms with Gasteiger partial charge in [0.05, 0.1) is 6.61 Å². The molecular formula is C15H16ClN3O3. The predicted molar refractivity (Wildman–Crippen MR) is 81.6 cm³/mol. The summed E-state index contributed by atoms with van der Waals surface area (Å²) < 4.78 is 4.71. The minimum atomic E-state index is -0.534. The van der Waals surface area contributed by atoms with E-state index in [1.807, 2.05) is 0 Å². The summed E-state index contributed by atoms with van der Waals surface area (Å²) in [5.41, 5.74) is 0.729. The van der Waals surface area contributed by atoms with Crippen LogP contribution in [0.15, 0.2) is 36.0 Å². The fraction of sp³-hybridized carbons (Fsp3) is 0.267. The molecule has 0 fully saturated rings. The average Bonchev–Trinajstić information content (AvgIpc) is 2.51. The monoisotopic (exact) mass is 321 g/mol. The number of carbonyl (C=O) groups excluding carboxylic acids is 2. The van der Waals surface area contributed by atoms with Gasteiger partial charge < -0.3 is 15.4 Å². The molecule has 7 heteroatoms. The van der Waals surface area contributed by atoms with Crippen LogP contribution in [-0.2, 0) is 20.9 Å². The van der Waals surface area contributed by atoms with Gasteiger partial charge in [-0.05, 0) is 24.6 Å². The second-order valence-corrected chi connectivity index (χ2v) is 4.60. The van der Waals surface area contributed by atoms with Crippen molar-refractivity contribution in [2.75, 3.05) is 13.2 Å². The molecule has 0 aliphatic carbocycles. The summed E-state index contributed by atoms with van der Waals surface area (Å²) in [5.74, 6) is -0.994. The van der Waals surface area contributed by atoms with Gasteiger partial charge >= 0.3 is 5.97 Å². The Labute approximate surface area is 133 Å². The molecule has 0 unspecified atom stereocenters. The molecule has 6 nitrogen and oxygen atoms in total. The smallest absolute Gasteiger partial charge is 0.325 e. The maximum Gasteiger partial charge on any atom is 0.325 e. The van der Waals surface area contributed by atoms with Crippen molar-refractivity contribution in [3.05, 3.63) is 46.6 Å². The summed E-state index contributed by atoms with van der Waals surface area (Å²) in [7, 11) is 0. The number of amides is 1.